The van der Waals surface area contributed by atoms with Crippen molar-refractivity contribution in [3.63, 3.8) is 0 Å². The molecular weight excluding hydrogens is 354 g/mol. The van der Waals surface area contributed by atoms with Gasteiger partial charge >= 0.3 is 0 Å². The Labute approximate surface area is 156 Å². The zero-order chi connectivity index (χ0) is 18.7. The van der Waals surface area contributed by atoms with E-state index < -0.39 is 0 Å². The van der Waals surface area contributed by atoms with Gasteiger partial charge in [0.1, 0.15) is 0 Å². The molecule has 136 valence electrons. The summed E-state index contributed by atoms with van der Waals surface area (Å²) in [4.78, 5) is 28.6. The van der Waals surface area contributed by atoms with Crippen molar-refractivity contribution < 1.29 is 4.79 Å². The van der Waals surface area contributed by atoms with Crippen LogP contribution < -0.4 is 10.7 Å². The third-order valence-electron chi connectivity index (χ3n) is 4.45. The van der Waals surface area contributed by atoms with Crippen molar-refractivity contribution in [2.75, 3.05) is 44.0 Å². The Hall–Kier alpha value is -2.64. The number of anilines is 3. The molecule has 0 aromatic heterocycles. The first-order valence-corrected chi connectivity index (χ1v) is 8.64. The third-order valence-corrected chi connectivity index (χ3v) is 4.69. The van der Waals surface area contributed by atoms with Crippen molar-refractivity contribution >= 4 is 34.6 Å². The molecular formula is C18H20ClN5O2. The first kappa shape index (κ1) is 18.2. The molecule has 0 aliphatic carbocycles. The Morgan fingerprint density at radius 3 is 2.46 bits per heavy atom. The summed E-state index contributed by atoms with van der Waals surface area (Å²) in [7, 11) is 2.02. The van der Waals surface area contributed by atoms with Gasteiger partial charge in [0.2, 0.25) is 0 Å². The van der Waals surface area contributed by atoms with Crippen LogP contribution in [-0.2, 0) is 0 Å². The van der Waals surface area contributed by atoms with Gasteiger partial charge in [0.15, 0.2) is 0 Å². The van der Waals surface area contributed by atoms with Gasteiger partial charge < -0.3 is 15.5 Å². The molecule has 8 heteroatoms. The molecule has 1 fully saturated rings. The maximum absolute atomic E-state index is 13.0. The van der Waals surface area contributed by atoms with Crippen LogP contribution in [0.5, 0.6) is 0 Å². The molecule has 0 bridgehead atoms. The van der Waals surface area contributed by atoms with Crippen LogP contribution in [0.15, 0.2) is 47.8 Å². The molecule has 2 aromatic rings. The van der Waals surface area contributed by atoms with E-state index in [-0.39, 0.29) is 5.91 Å². The fourth-order valence-electron chi connectivity index (χ4n) is 2.96. The summed E-state index contributed by atoms with van der Waals surface area (Å²) < 4.78 is 0. The summed E-state index contributed by atoms with van der Waals surface area (Å²) in [6, 6.07) is 11.7. The first-order chi connectivity index (χ1) is 12.5. The van der Waals surface area contributed by atoms with Crippen molar-refractivity contribution in [3.8, 4) is 0 Å². The van der Waals surface area contributed by atoms with E-state index in [2.05, 4.69) is 10.2 Å². The SMILES string of the molecule is CN1CCN(C(=O)c2ccccc2N(N=O)c2ccc(Cl)cc2N)CC1. The minimum absolute atomic E-state index is 0.130. The number of carbonyl (C=O) groups excluding carboxylic acids is 1. The first-order valence-electron chi connectivity index (χ1n) is 8.26. The smallest absolute Gasteiger partial charge is 0.256 e. The lowest BCUT2D eigenvalue weighted by atomic mass is 10.1. The van der Waals surface area contributed by atoms with E-state index in [1.54, 1.807) is 47.4 Å². The summed E-state index contributed by atoms with van der Waals surface area (Å²) in [6.45, 7) is 2.91. The molecule has 0 spiro atoms. The number of para-hydroxylation sites is 1. The van der Waals surface area contributed by atoms with Crippen LogP contribution in [0.2, 0.25) is 5.02 Å². The van der Waals surface area contributed by atoms with E-state index in [0.717, 1.165) is 18.1 Å². The number of nitroso groups, excluding NO2 is 1. The molecule has 1 heterocycles. The van der Waals surface area contributed by atoms with Gasteiger partial charge in [-0.05, 0) is 37.4 Å². The fourth-order valence-corrected chi connectivity index (χ4v) is 3.14. The maximum Gasteiger partial charge on any atom is 0.256 e. The van der Waals surface area contributed by atoms with Crippen LogP contribution in [0, 0.1) is 4.91 Å². The number of nitrogens with two attached hydrogens (primary N) is 1. The number of likely N-dealkylation sites (N-methyl/N-ethyl adjacent to an activating group) is 1. The number of hydrogen-bond donors (Lipinski definition) is 1. The molecule has 3 rings (SSSR count). The van der Waals surface area contributed by atoms with Crippen molar-refractivity contribution in [1.29, 1.82) is 0 Å². The van der Waals surface area contributed by atoms with E-state index in [0.29, 0.717) is 40.7 Å². The van der Waals surface area contributed by atoms with Crippen molar-refractivity contribution in [2.24, 2.45) is 5.29 Å². The molecule has 0 atom stereocenters. The molecule has 1 amide bonds. The molecule has 2 N–H and O–H groups in total. The Bertz CT molecular complexity index is 821. The normalized spacial score (nSPS) is 14.9. The quantitative estimate of drug-likeness (QED) is 0.505. The zero-order valence-corrected chi connectivity index (χ0v) is 15.2. The van der Waals surface area contributed by atoms with Crippen LogP contribution in [0.4, 0.5) is 17.1 Å². The molecule has 1 aliphatic heterocycles. The number of carbonyl (C=O) groups is 1. The van der Waals surface area contributed by atoms with E-state index in [4.69, 9.17) is 17.3 Å². The number of nitrogen functional groups attached to an aromatic ring is 1. The number of benzene rings is 2. The standard InChI is InChI=1S/C18H20ClN5O2/c1-22-8-10-23(11-9-22)18(25)14-4-2-3-5-16(14)24(21-26)17-7-6-13(19)12-15(17)20/h2-7,12H,8-11,20H2,1H3. The number of halogens is 1. The molecule has 0 unspecified atom stereocenters. The average molecular weight is 374 g/mol. The van der Waals surface area contributed by atoms with E-state index in [1.165, 1.54) is 0 Å². The van der Waals surface area contributed by atoms with Gasteiger partial charge in [-0.1, -0.05) is 23.7 Å². The largest absolute Gasteiger partial charge is 0.397 e. The Kier molecular flexibility index (Phi) is 5.39. The minimum atomic E-state index is -0.130. The second-order valence-electron chi connectivity index (χ2n) is 6.21. The number of hydrogen-bond acceptors (Lipinski definition) is 5. The van der Waals surface area contributed by atoms with Gasteiger partial charge in [-0.25, -0.2) is 0 Å². The number of nitrogens with zero attached hydrogens (tertiary/aromatic N) is 4. The second kappa shape index (κ2) is 7.72. The van der Waals surface area contributed by atoms with E-state index >= 15 is 0 Å². The molecule has 0 saturated carbocycles. The van der Waals surface area contributed by atoms with E-state index in [1.807, 2.05) is 7.05 Å². The lowest BCUT2D eigenvalue weighted by molar-refractivity contribution is 0.0665. The summed E-state index contributed by atoms with van der Waals surface area (Å²) in [6.07, 6.45) is 0. The van der Waals surface area contributed by atoms with Gasteiger partial charge in [-0.3, -0.25) is 4.79 Å². The predicted octanol–water partition coefficient (Wildman–Crippen LogP) is 3.13. The molecule has 1 aliphatic rings. The summed E-state index contributed by atoms with van der Waals surface area (Å²) in [5.41, 5.74) is 7.47. The topological polar surface area (TPSA) is 82.2 Å². The van der Waals surface area contributed by atoms with Crippen molar-refractivity contribution in [1.82, 2.24) is 9.80 Å². The summed E-state index contributed by atoms with van der Waals surface area (Å²) >= 11 is 5.93. The van der Waals surface area contributed by atoms with Gasteiger partial charge in [0.25, 0.3) is 5.91 Å². The van der Waals surface area contributed by atoms with Gasteiger partial charge in [-0.15, -0.1) is 4.91 Å². The van der Waals surface area contributed by atoms with Crippen LogP contribution in [-0.4, -0.2) is 48.9 Å². The molecule has 7 nitrogen and oxygen atoms in total. The lowest BCUT2D eigenvalue weighted by Gasteiger charge is -2.33. The summed E-state index contributed by atoms with van der Waals surface area (Å²) in [5.74, 6) is -0.130. The minimum Gasteiger partial charge on any atom is -0.397 e. The highest BCUT2D eigenvalue weighted by atomic mass is 35.5. The number of amides is 1. The molecule has 1 saturated heterocycles. The van der Waals surface area contributed by atoms with Gasteiger partial charge in [-0.2, -0.15) is 5.01 Å². The number of rotatable bonds is 4. The predicted molar refractivity (Wildman–Crippen MR) is 104 cm³/mol. The highest BCUT2D eigenvalue weighted by Crippen LogP contribution is 2.35. The van der Waals surface area contributed by atoms with Gasteiger partial charge in [0, 0.05) is 31.2 Å². The highest BCUT2D eigenvalue weighted by molar-refractivity contribution is 6.31. The fraction of sp³-hybridized carbons (Fsp3) is 0.278. The third kappa shape index (κ3) is 3.63. The van der Waals surface area contributed by atoms with E-state index in [9.17, 15) is 9.70 Å². The lowest BCUT2D eigenvalue weighted by Crippen LogP contribution is -2.47. The average Bonchev–Trinajstić information content (AvgIpc) is 2.64. The molecule has 26 heavy (non-hydrogen) atoms. The Balaban J connectivity index is 1.97. The second-order valence-corrected chi connectivity index (χ2v) is 6.65. The monoisotopic (exact) mass is 373 g/mol. The van der Waals surface area contributed by atoms with Crippen LogP contribution in [0.3, 0.4) is 0 Å². The van der Waals surface area contributed by atoms with Crippen molar-refractivity contribution in [2.45, 2.75) is 0 Å². The number of piperazine rings is 1. The maximum atomic E-state index is 13.0. The van der Waals surface area contributed by atoms with Crippen molar-refractivity contribution in [3.05, 3.63) is 58.0 Å². The highest BCUT2D eigenvalue weighted by Gasteiger charge is 2.25. The van der Waals surface area contributed by atoms with Crippen LogP contribution in [0.25, 0.3) is 0 Å². The molecule has 0 radical (unpaired) electrons. The Morgan fingerprint density at radius 1 is 1.12 bits per heavy atom. The summed E-state index contributed by atoms with van der Waals surface area (Å²) in [5, 5.41) is 4.69. The zero-order valence-electron chi connectivity index (χ0n) is 14.4. The van der Waals surface area contributed by atoms with Crippen LogP contribution in [0.1, 0.15) is 10.4 Å². The Morgan fingerprint density at radius 2 is 1.81 bits per heavy atom. The van der Waals surface area contributed by atoms with Gasteiger partial charge in [0.05, 0.1) is 27.9 Å². The molecule has 2 aromatic carbocycles. The van der Waals surface area contributed by atoms with Crippen LogP contribution >= 0.6 is 11.6 Å².